The maximum atomic E-state index is 12.5. The van der Waals surface area contributed by atoms with E-state index in [0.717, 1.165) is 20.5 Å². The summed E-state index contributed by atoms with van der Waals surface area (Å²) >= 11 is 1.34. The summed E-state index contributed by atoms with van der Waals surface area (Å²) in [6, 6.07) is 15.1. The van der Waals surface area contributed by atoms with Gasteiger partial charge in [-0.1, -0.05) is 17.4 Å². The molecule has 0 saturated heterocycles. The first-order chi connectivity index (χ1) is 15.4. The third-order valence-corrected chi connectivity index (χ3v) is 5.46. The van der Waals surface area contributed by atoms with Crippen molar-refractivity contribution >= 4 is 44.2 Å². The van der Waals surface area contributed by atoms with Gasteiger partial charge in [-0.15, -0.1) is 0 Å². The molecule has 0 bridgehead atoms. The number of anilines is 2. The molecule has 0 aliphatic heterocycles. The summed E-state index contributed by atoms with van der Waals surface area (Å²) in [6.45, 7) is 1.63. The molecule has 32 heavy (non-hydrogen) atoms. The van der Waals surface area contributed by atoms with Gasteiger partial charge < -0.3 is 15.4 Å². The summed E-state index contributed by atoms with van der Waals surface area (Å²) in [5, 5.41) is 9.83. The Morgan fingerprint density at radius 2 is 1.84 bits per heavy atom. The van der Waals surface area contributed by atoms with Crippen LogP contribution in [0.5, 0.6) is 5.75 Å². The van der Waals surface area contributed by atoms with Crippen LogP contribution in [-0.2, 0) is 11.3 Å². The van der Waals surface area contributed by atoms with Crippen LogP contribution in [0.2, 0.25) is 0 Å². The maximum absolute atomic E-state index is 12.5. The number of rotatable bonds is 6. The molecule has 4 aromatic rings. The number of aryl methyl sites for hydroxylation is 1. The van der Waals surface area contributed by atoms with E-state index in [1.54, 1.807) is 31.4 Å². The highest BCUT2D eigenvalue weighted by Gasteiger charge is 2.14. The van der Waals surface area contributed by atoms with E-state index < -0.39 is 17.4 Å². The van der Waals surface area contributed by atoms with E-state index in [4.69, 9.17) is 4.74 Å². The Balaban J connectivity index is 1.45. The van der Waals surface area contributed by atoms with Gasteiger partial charge in [0.1, 0.15) is 18.0 Å². The van der Waals surface area contributed by atoms with Crippen LogP contribution in [0.3, 0.4) is 0 Å². The molecule has 0 fully saturated rings. The van der Waals surface area contributed by atoms with Crippen molar-refractivity contribution in [2.24, 2.45) is 0 Å². The van der Waals surface area contributed by atoms with Gasteiger partial charge in [-0.25, -0.2) is 9.67 Å². The Labute approximate surface area is 186 Å². The molecule has 2 aromatic carbocycles. The average molecular weight is 449 g/mol. The molecule has 9 nitrogen and oxygen atoms in total. The number of benzene rings is 2. The molecular formula is C22H19N5O4S. The van der Waals surface area contributed by atoms with E-state index >= 15 is 0 Å². The third-order valence-electron chi connectivity index (χ3n) is 4.53. The van der Waals surface area contributed by atoms with E-state index in [1.165, 1.54) is 23.5 Å². The molecule has 0 saturated carbocycles. The first-order valence-corrected chi connectivity index (χ1v) is 10.4. The highest BCUT2D eigenvalue weighted by molar-refractivity contribution is 7.22. The highest BCUT2D eigenvalue weighted by atomic mass is 32.1. The molecule has 0 aliphatic rings. The van der Waals surface area contributed by atoms with Crippen molar-refractivity contribution in [3.8, 4) is 5.75 Å². The van der Waals surface area contributed by atoms with E-state index in [9.17, 15) is 14.4 Å². The number of fused-ring (bicyclic) bond motifs is 1. The normalized spacial score (nSPS) is 10.7. The molecular weight excluding hydrogens is 430 g/mol. The summed E-state index contributed by atoms with van der Waals surface area (Å²) < 4.78 is 6.98. The second-order valence-corrected chi connectivity index (χ2v) is 7.97. The number of hydrogen-bond donors (Lipinski definition) is 2. The fraction of sp³-hybridized carbons (Fsp3) is 0.136. The highest BCUT2D eigenvalue weighted by Crippen LogP contribution is 2.26. The minimum atomic E-state index is -0.508. The lowest BCUT2D eigenvalue weighted by Crippen LogP contribution is -2.31. The van der Waals surface area contributed by atoms with Gasteiger partial charge in [-0.2, -0.15) is 5.10 Å². The molecule has 0 radical (unpaired) electrons. The van der Waals surface area contributed by atoms with Crippen LogP contribution in [0.1, 0.15) is 16.1 Å². The Morgan fingerprint density at radius 3 is 2.59 bits per heavy atom. The number of nitrogens with zero attached hydrogens (tertiary/aromatic N) is 3. The monoisotopic (exact) mass is 449 g/mol. The number of aromatic nitrogens is 3. The van der Waals surface area contributed by atoms with Gasteiger partial charge in [0.05, 0.1) is 17.3 Å². The van der Waals surface area contributed by atoms with Crippen LogP contribution < -0.4 is 20.9 Å². The molecule has 4 rings (SSSR count). The summed E-state index contributed by atoms with van der Waals surface area (Å²) in [7, 11) is 1.55. The van der Waals surface area contributed by atoms with Gasteiger partial charge in [0.15, 0.2) is 5.13 Å². The third kappa shape index (κ3) is 4.81. The van der Waals surface area contributed by atoms with Gasteiger partial charge in [-0.3, -0.25) is 14.4 Å². The molecule has 0 aliphatic carbocycles. The molecule has 2 amide bonds. The SMILES string of the molecule is COc1ccc(NC(=O)c2ccc(=O)n(CC(=O)Nc3nc4ccc(C)cc4s3)n2)cc1. The Hall–Kier alpha value is -4.05. The molecule has 10 heteroatoms. The van der Waals surface area contributed by atoms with Gasteiger partial charge in [0, 0.05) is 11.8 Å². The van der Waals surface area contributed by atoms with Crippen molar-refractivity contribution in [3.63, 3.8) is 0 Å². The van der Waals surface area contributed by atoms with Crippen molar-refractivity contribution in [2.75, 3.05) is 17.7 Å². The number of methoxy groups -OCH3 is 1. The van der Waals surface area contributed by atoms with Crippen molar-refractivity contribution in [2.45, 2.75) is 13.5 Å². The van der Waals surface area contributed by atoms with Crippen molar-refractivity contribution in [3.05, 3.63) is 76.2 Å². The predicted molar refractivity (Wildman–Crippen MR) is 122 cm³/mol. The zero-order valence-corrected chi connectivity index (χ0v) is 18.1. The molecule has 0 spiro atoms. The largest absolute Gasteiger partial charge is 0.497 e. The second kappa shape index (κ2) is 8.98. The molecule has 0 atom stereocenters. The smallest absolute Gasteiger partial charge is 0.276 e. The summed E-state index contributed by atoms with van der Waals surface area (Å²) in [4.78, 5) is 41.5. The van der Waals surface area contributed by atoms with Gasteiger partial charge in [0.25, 0.3) is 11.5 Å². The number of amides is 2. The lowest BCUT2D eigenvalue weighted by molar-refractivity contribution is -0.117. The number of ether oxygens (including phenoxy) is 1. The predicted octanol–water partition coefficient (Wildman–Crippen LogP) is 3.06. The number of carbonyl (C=O) groups excluding carboxylic acids is 2. The molecule has 0 unspecified atom stereocenters. The average Bonchev–Trinajstić information content (AvgIpc) is 3.16. The number of nitrogens with one attached hydrogen (secondary N) is 2. The lowest BCUT2D eigenvalue weighted by Gasteiger charge is -2.08. The van der Waals surface area contributed by atoms with Gasteiger partial charge in [0.2, 0.25) is 5.91 Å². The van der Waals surface area contributed by atoms with Crippen molar-refractivity contribution in [1.29, 1.82) is 0 Å². The minimum absolute atomic E-state index is 0.00341. The fourth-order valence-corrected chi connectivity index (χ4v) is 3.91. The molecule has 2 heterocycles. The topological polar surface area (TPSA) is 115 Å². The number of thiazole rings is 1. The summed E-state index contributed by atoms with van der Waals surface area (Å²) in [5.74, 6) is -0.321. The molecule has 162 valence electrons. The Kier molecular flexibility index (Phi) is 5.95. The van der Waals surface area contributed by atoms with Crippen LogP contribution in [0.25, 0.3) is 10.2 Å². The van der Waals surface area contributed by atoms with Gasteiger partial charge in [-0.05, 0) is 55.0 Å². The summed E-state index contributed by atoms with van der Waals surface area (Å²) in [6.07, 6.45) is 0. The van der Waals surface area contributed by atoms with Gasteiger partial charge >= 0.3 is 0 Å². The molecule has 2 aromatic heterocycles. The quantitative estimate of drug-likeness (QED) is 0.468. The van der Waals surface area contributed by atoms with Crippen LogP contribution in [-0.4, -0.2) is 33.7 Å². The lowest BCUT2D eigenvalue weighted by atomic mass is 10.2. The first kappa shape index (κ1) is 21.2. The maximum Gasteiger partial charge on any atom is 0.276 e. The number of carbonyl (C=O) groups is 2. The summed E-state index contributed by atoms with van der Waals surface area (Å²) in [5.41, 5.74) is 1.92. The molecule has 2 N–H and O–H groups in total. The van der Waals surface area contributed by atoms with E-state index in [1.807, 2.05) is 25.1 Å². The van der Waals surface area contributed by atoms with Crippen molar-refractivity contribution < 1.29 is 14.3 Å². The minimum Gasteiger partial charge on any atom is -0.497 e. The number of hydrogen-bond acceptors (Lipinski definition) is 7. The fourth-order valence-electron chi connectivity index (χ4n) is 2.93. The van der Waals surface area contributed by atoms with E-state index in [2.05, 4.69) is 20.7 Å². The zero-order valence-electron chi connectivity index (χ0n) is 17.3. The van der Waals surface area contributed by atoms with Crippen molar-refractivity contribution in [1.82, 2.24) is 14.8 Å². The van der Waals surface area contributed by atoms with Crippen LogP contribution in [0, 0.1) is 6.92 Å². The van der Waals surface area contributed by atoms with Crippen LogP contribution >= 0.6 is 11.3 Å². The Bertz CT molecular complexity index is 1360. The van der Waals surface area contributed by atoms with Crippen LogP contribution in [0.4, 0.5) is 10.8 Å². The second-order valence-electron chi connectivity index (χ2n) is 6.94. The van der Waals surface area contributed by atoms with E-state index in [0.29, 0.717) is 16.6 Å². The first-order valence-electron chi connectivity index (χ1n) is 9.62. The Morgan fingerprint density at radius 1 is 1.06 bits per heavy atom. The van der Waals surface area contributed by atoms with E-state index in [-0.39, 0.29) is 12.2 Å². The zero-order chi connectivity index (χ0) is 22.7. The van der Waals surface area contributed by atoms with Crippen LogP contribution in [0.15, 0.2) is 59.4 Å². The standard InChI is InChI=1S/C22H19N5O4S/c1-13-3-8-16-18(11-13)32-22(24-16)25-19(28)12-27-20(29)10-9-17(26-27)21(30)23-14-4-6-15(31-2)7-5-14/h3-11H,12H2,1-2H3,(H,23,30)(H,24,25,28).